The summed E-state index contributed by atoms with van der Waals surface area (Å²) in [4.78, 5) is 7.45. The molecule has 2 aliphatic heterocycles. The van der Waals surface area contributed by atoms with Gasteiger partial charge < -0.3 is 19.3 Å². The number of fused-ring (bicyclic) bond motifs is 11. The Kier molecular flexibility index (Phi) is 14.4. The maximum absolute atomic E-state index is 11.7. The lowest BCUT2D eigenvalue weighted by Gasteiger charge is -2.46. The molecule has 2 aliphatic rings. The van der Waals surface area contributed by atoms with Gasteiger partial charge in [-0.15, -0.1) is 11.3 Å². The van der Waals surface area contributed by atoms with Crippen LogP contribution < -0.4 is 30.4 Å². The number of aromatic nitrogens is 1. The molecule has 0 amide bonds. The van der Waals surface area contributed by atoms with Crippen LogP contribution in [-0.4, -0.2) is 11.3 Å². The molecule has 15 aromatic carbocycles. The molecule has 4 heterocycles. The molecule has 0 fully saturated rings. The number of benzene rings is 15. The minimum atomic E-state index is -0.672. The molecule has 0 saturated carbocycles. The predicted molar refractivity (Wildman–Crippen MR) is 458 cm³/mol. The Labute approximate surface area is 630 Å². The molecule has 4 nitrogen and oxygen atoms in total. The van der Waals surface area contributed by atoms with Gasteiger partial charge in [-0.05, 0) is 203 Å². The second-order valence-electron chi connectivity index (χ2n) is 31.8. The first kappa shape index (κ1) is 61.5. The highest BCUT2D eigenvalue weighted by molar-refractivity contribution is 7.33. The van der Waals surface area contributed by atoms with E-state index in [9.17, 15) is 4.11 Å². The smallest absolute Gasteiger partial charge is 0.264 e. The van der Waals surface area contributed by atoms with E-state index in [0.29, 0.717) is 16.8 Å². The topological polar surface area (TPSA) is 14.7 Å². The minimum Gasteiger partial charge on any atom is -0.310 e. The Bertz CT molecular complexity index is 6350. The van der Waals surface area contributed by atoms with Crippen LogP contribution in [0.4, 0.5) is 51.2 Å². The largest absolute Gasteiger partial charge is 0.310 e. The van der Waals surface area contributed by atoms with Crippen LogP contribution in [0.1, 0.15) is 83.1 Å². The number of thiophene rings is 1. The van der Waals surface area contributed by atoms with Crippen molar-refractivity contribution >= 4 is 138 Å². The monoisotopic (exact) mass is 1380 g/mol. The van der Waals surface area contributed by atoms with Gasteiger partial charge in [-0.1, -0.05) is 275 Å². The molecular formula is C100H81BN4S. The molecule has 0 saturated heterocycles. The third kappa shape index (κ3) is 10.8. The van der Waals surface area contributed by atoms with Gasteiger partial charge in [-0.3, -0.25) is 0 Å². The summed E-state index contributed by atoms with van der Waals surface area (Å²) in [7, 11) is 0. The lowest BCUT2D eigenvalue weighted by molar-refractivity contribution is 0.590. The molecule has 0 atom stereocenters. The van der Waals surface area contributed by atoms with Gasteiger partial charge in [0.15, 0.2) is 0 Å². The van der Waals surface area contributed by atoms with Gasteiger partial charge in [-0.2, -0.15) is 0 Å². The number of anilines is 9. The molecule has 17 aromatic rings. The molecule has 510 valence electrons. The van der Waals surface area contributed by atoms with Crippen molar-refractivity contribution in [1.29, 1.82) is 0 Å². The van der Waals surface area contributed by atoms with E-state index in [2.05, 4.69) is 379 Å². The Morgan fingerprint density at radius 1 is 0.340 bits per heavy atom. The van der Waals surface area contributed by atoms with Gasteiger partial charge >= 0.3 is 0 Å². The van der Waals surface area contributed by atoms with Crippen molar-refractivity contribution in [3.8, 4) is 50.2 Å². The summed E-state index contributed by atoms with van der Waals surface area (Å²) in [5.41, 5.74) is 23.0. The average Bonchev–Trinajstić information content (AvgIpc) is 1.67. The number of rotatable bonds is 10. The normalized spacial score (nSPS) is 13.3. The zero-order valence-corrected chi connectivity index (χ0v) is 62.0. The standard InChI is InChI=1S/C100H81BN4S/c1-98(2,3)72-56-82(64-31-15-10-16-32-64)94(83(57-72)65-33-17-11-18-34-65)104-89-62-77(103-87-45-29-27-43-79(87)80-44-28-30-46-88(80)103)50-52-86(89)101-93-90(104)60-74(100(7,8)9)61-91(93)105(95-84(66-35-19-12-20-36-66)58-73(99(4,5)6)59-85(95)67-37-21-13-22-38-67)96-81-51-49-78(63-92(81)106-97(96)101)102(75-41-23-14-24-42-75)76-48-47-70-53-68-39-25-26-40-69(68)54-71(70)55-76/h10-63H,1-9H3/i50D,52D,62D. The minimum absolute atomic E-state index is 0.00840. The number of hydrogen-bond donors (Lipinski definition) is 0. The summed E-state index contributed by atoms with van der Waals surface area (Å²) in [5.74, 6) is 0. The first-order valence-corrected chi connectivity index (χ1v) is 37.9. The van der Waals surface area contributed by atoms with Gasteiger partial charge in [0.05, 0.1) is 32.2 Å². The molecule has 6 heteroatoms. The quantitative estimate of drug-likeness (QED) is 0.100. The fraction of sp³-hybridized carbons (Fsp3) is 0.120. The third-order valence-electron chi connectivity index (χ3n) is 22.0. The van der Waals surface area contributed by atoms with E-state index in [-0.39, 0.29) is 29.0 Å². The third-order valence-corrected chi connectivity index (χ3v) is 23.2. The van der Waals surface area contributed by atoms with Gasteiger partial charge in [0.1, 0.15) is 0 Å². The van der Waals surface area contributed by atoms with Crippen molar-refractivity contribution in [3.63, 3.8) is 0 Å². The maximum Gasteiger partial charge on any atom is 0.264 e. The molecule has 0 radical (unpaired) electrons. The van der Waals surface area contributed by atoms with Crippen molar-refractivity contribution in [2.45, 2.75) is 78.6 Å². The Hall–Kier alpha value is -12.0. The van der Waals surface area contributed by atoms with Crippen molar-refractivity contribution in [2.24, 2.45) is 0 Å². The van der Waals surface area contributed by atoms with Crippen molar-refractivity contribution in [1.82, 2.24) is 4.57 Å². The van der Waals surface area contributed by atoms with E-state index in [1.54, 1.807) is 11.3 Å². The summed E-state index contributed by atoms with van der Waals surface area (Å²) in [5, 5.41) is 7.81. The van der Waals surface area contributed by atoms with Gasteiger partial charge in [0.25, 0.3) is 6.71 Å². The highest BCUT2D eigenvalue weighted by Crippen LogP contribution is 2.57. The highest BCUT2D eigenvalue weighted by atomic mass is 32.1. The van der Waals surface area contributed by atoms with Crippen molar-refractivity contribution in [2.75, 3.05) is 14.7 Å². The fourth-order valence-electron chi connectivity index (χ4n) is 16.6. The van der Waals surface area contributed by atoms with Crippen LogP contribution >= 0.6 is 11.3 Å². The number of hydrogen-bond acceptors (Lipinski definition) is 4. The van der Waals surface area contributed by atoms with E-state index in [0.717, 1.165) is 149 Å². The predicted octanol–water partition coefficient (Wildman–Crippen LogP) is 26.4. The van der Waals surface area contributed by atoms with Crippen molar-refractivity contribution in [3.05, 3.63) is 344 Å². The molecular weight excluding hydrogens is 1300 g/mol. The van der Waals surface area contributed by atoms with Crippen LogP contribution in [0.5, 0.6) is 0 Å². The van der Waals surface area contributed by atoms with Crippen LogP contribution in [0.25, 0.3) is 104 Å². The average molecular weight is 1380 g/mol. The lowest BCUT2D eigenvalue weighted by Crippen LogP contribution is -2.60. The van der Waals surface area contributed by atoms with E-state index >= 15 is 0 Å². The van der Waals surface area contributed by atoms with E-state index in [1.165, 1.54) is 21.7 Å². The molecule has 2 aromatic heterocycles. The van der Waals surface area contributed by atoms with E-state index in [1.807, 2.05) is 12.1 Å². The second-order valence-corrected chi connectivity index (χ2v) is 32.9. The number of para-hydroxylation sites is 3. The Morgan fingerprint density at radius 2 is 0.755 bits per heavy atom. The van der Waals surface area contributed by atoms with Crippen LogP contribution in [0.15, 0.2) is 328 Å². The van der Waals surface area contributed by atoms with Gasteiger partial charge in [0, 0.05) is 87.7 Å². The molecule has 106 heavy (non-hydrogen) atoms. The highest BCUT2D eigenvalue weighted by Gasteiger charge is 2.48. The van der Waals surface area contributed by atoms with E-state index < -0.39 is 12.1 Å². The Morgan fingerprint density at radius 3 is 1.26 bits per heavy atom. The molecule has 19 rings (SSSR count). The summed E-state index contributed by atoms with van der Waals surface area (Å²) < 4.78 is 38.4. The fourth-order valence-corrected chi connectivity index (χ4v) is 17.9. The molecule has 0 unspecified atom stereocenters. The SMILES string of the molecule is [2H]c1c([2H])c(-n2c3ccccc3c3ccccc32)c([2H])c2c1B1c3sc4cc(N(c5ccccc5)c5ccc6cc7ccccc7cc6c5)ccc4c3N(c3c(-c4ccccc4)cc(C(C)(C)C)cc3-c3ccccc3)c3cc(C(C)(C)C)cc(c31)N2c1c(-c2ccccc2)cc(C(C)(C)C)cc1-c1ccccc1. The second kappa shape index (κ2) is 24.9. The zero-order valence-electron chi connectivity index (χ0n) is 64.2. The Balaban J connectivity index is 1.00. The van der Waals surface area contributed by atoms with Crippen LogP contribution in [0, 0.1) is 0 Å². The van der Waals surface area contributed by atoms with Crippen LogP contribution in [-0.2, 0) is 16.2 Å². The number of nitrogens with zero attached hydrogens (tertiary/aromatic N) is 4. The molecule has 0 bridgehead atoms. The van der Waals surface area contributed by atoms with E-state index in [4.69, 9.17) is 0 Å². The van der Waals surface area contributed by atoms with Crippen LogP contribution in [0.3, 0.4) is 0 Å². The van der Waals surface area contributed by atoms with Gasteiger partial charge in [0.2, 0.25) is 0 Å². The molecule has 0 aliphatic carbocycles. The zero-order chi connectivity index (χ0) is 74.5. The van der Waals surface area contributed by atoms with Crippen molar-refractivity contribution < 1.29 is 4.11 Å². The summed E-state index contributed by atoms with van der Waals surface area (Å²) in [6.45, 7) is 20.2. The summed E-state index contributed by atoms with van der Waals surface area (Å²) in [6, 6.07) is 113. The first-order chi connectivity index (χ1) is 52.7. The van der Waals surface area contributed by atoms with Crippen LogP contribution in [0.2, 0.25) is 0 Å². The molecule has 0 spiro atoms. The first-order valence-electron chi connectivity index (χ1n) is 38.6. The van der Waals surface area contributed by atoms with Gasteiger partial charge in [-0.25, -0.2) is 0 Å². The summed E-state index contributed by atoms with van der Waals surface area (Å²) in [6.07, 6.45) is 0. The lowest BCUT2D eigenvalue weighted by atomic mass is 9.36. The maximum atomic E-state index is 11.7. The molecule has 0 N–H and O–H groups in total. The summed E-state index contributed by atoms with van der Waals surface area (Å²) >= 11 is 1.78.